The number of hydrogen-bond donors (Lipinski definition) is 2. The number of nitrogens with zero attached hydrogens (tertiary/aromatic N) is 2. The van der Waals surface area contributed by atoms with Crippen LogP contribution in [0.5, 0.6) is 0 Å². The van der Waals surface area contributed by atoms with Crippen molar-refractivity contribution in [2.45, 2.75) is 0 Å². The maximum absolute atomic E-state index is 12.3. The van der Waals surface area contributed by atoms with Gasteiger partial charge in [0.2, 0.25) is 0 Å². The number of carboxylic acids is 1. The van der Waals surface area contributed by atoms with E-state index in [-0.39, 0.29) is 22.4 Å². The minimum Gasteiger partial charge on any atom is -0.478 e. The van der Waals surface area contributed by atoms with Gasteiger partial charge in [0, 0.05) is 12.1 Å². The van der Waals surface area contributed by atoms with Crippen molar-refractivity contribution in [3.05, 3.63) is 69.3 Å². The van der Waals surface area contributed by atoms with E-state index in [0.29, 0.717) is 0 Å². The van der Waals surface area contributed by atoms with Crippen molar-refractivity contribution >= 4 is 23.3 Å². The zero-order valence-electron chi connectivity index (χ0n) is 11.5. The monoisotopic (exact) mass is 311 g/mol. The molecule has 0 heterocycles. The summed E-state index contributed by atoms with van der Waals surface area (Å²) >= 11 is 0. The van der Waals surface area contributed by atoms with Crippen molar-refractivity contribution < 1.29 is 19.6 Å². The Balaban J connectivity index is 2.45. The molecule has 0 saturated heterocycles. The van der Waals surface area contributed by atoms with Gasteiger partial charge in [-0.3, -0.25) is 14.9 Å². The van der Waals surface area contributed by atoms with Gasteiger partial charge in [0.25, 0.3) is 11.6 Å². The van der Waals surface area contributed by atoms with Crippen LogP contribution in [0.1, 0.15) is 26.3 Å². The van der Waals surface area contributed by atoms with Crippen LogP contribution >= 0.6 is 0 Å². The molecule has 0 radical (unpaired) electrons. The number of rotatable bonds is 4. The third-order valence-electron chi connectivity index (χ3n) is 2.98. The smallest absolute Gasteiger partial charge is 0.336 e. The van der Waals surface area contributed by atoms with E-state index < -0.39 is 22.5 Å². The number of benzene rings is 2. The summed E-state index contributed by atoms with van der Waals surface area (Å²) in [5, 5.41) is 31.3. The van der Waals surface area contributed by atoms with Gasteiger partial charge >= 0.3 is 5.97 Å². The highest BCUT2D eigenvalue weighted by Gasteiger charge is 2.21. The number of nitriles is 1. The van der Waals surface area contributed by atoms with Crippen LogP contribution in [0.25, 0.3) is 0 Å². The first-order valence-corrected chi connectivity index (χ1v) is 6.26. The molecule has 2 aromatic carbocycles. The van der Waals surface area contributed by atoms with Gasteiger partial charge in [0.1, 0.15) is 6.07 Å². The molecular formula is C15H9N3O5. The fraction of sp³-hybridized carbons (Fsp3) is 0. The van der Waals surface area contributed by atoms with Crippen LogP contribution in [0.3, 0.4) is 0 Å². The third-order valence-corrected chi connectivity index (χ3v) is 2.98. The molecule has 0 aromatic heterocycles. The summed E-state index contributed by atoms with van der Waals surface area (Å²) in [6, 6.07) is 10.9. The number of nitrogens with one attached hydrogen (secondary N) is 1. The number of aromatic carboxylic acids is 1. The van der Waals surface area contributed by atoms with Gasteiger partial charge in [-0.05, 0) is 18.2 Å². The minimum absolute atomic E-state index is 0.183. The van der Waals surface area contributed by atoms with Crippen LogP contribution in [0.15, 0.2) is 42.5 Å². The number of carbonyl (C=O) groups excluding carboxylic acids is 1. The van der Waals surface area contributed by atoms with Gasteiger partial charge in [-0.15, -0.1) is 0 Å². The second-order valence-electron chi connectivity index (χ2n) is 4.40. The summed E-state index contributed by atoms with van der Waals surface area (Å²) in [5.74, 6) is -2.24. The Hall–Kier alpha value is -3.73. The Morgan fingerprint density at radius 2 is 1.87 bits per heavy atom. The van der Waals surface area contributed by atoms with Gasteiger partial charge < -0.3 is 10.4 Å². The first-order valence-electron chi connectivity index (χ1n) is 6.26. The molecule has 2 rings (SSSR count). The molecule has 0 atom stereocenters. The molecule has 114 valence electrons. The first kappa shape index (κ1) is 15.7. The normalized spacial score (nSPS) is 9.70. The molecule has 2 aromatic rings. The topological polar surface area (TPSA) is 133 Å². The average molecular weight is 311 g/mol. The molecule has 0 fully saturated rings. The largest absolute Gasteiger partial charge is 0.478 e. The van der Waals surface area contributed by atoms with Gasteiger partial charge in [-0.2, -0.15) is 5.26 Å². The van der Waals surface area contributed by atoms with Crippen molar-refractivity contribution in [2.75, 3.05) is 5.32 Å². The van der Waals surface area contributed by atoms with E-state index >= 15 is 0 Å². The highest BCUT2D eigenvalue weighted by atomic mass is 16.6. The quantitative estimate of drug-likeness (QED) is 0.658. The molecule has 0 aliphatic heterocycles. The number of amides is 1. The molecule has 0 unspecified atom stereocenters. The van der Waals surface area contributed by atoms with Gasteiger partial charge in [0.15, 0.2) is 0 Å². The standard InChI is InChI=1S/C15H9N3O5/c16-8-9-3-1-2-4-13(9)17-14(19)12-7-10(18(22)23)5-6-11(12)15(20)21/h1-7H,(H,17,19)(H,20,21). The molecule has 8 heteroatoms. The molecule has 0 aliphatic carbocycles. The van der Waals surface area contributed by atoms with E-state index in [4.69, 9.17) is 10.4 Å². The molecule has 8 nitrogen and oxygen atoms in total. The predicted molar refractivity (Wildman–Crippen MR) is 79.2 cm³/mol. The van der Waals surface area contributed by atoms with Crippen LogP contribution in [0.2, 0.25) is 0 Å². The number of hydrogen-bond acceptors (Lipinski definition) is 5. The number of carbonyl (C=O) groups is 2. The fourth-order valence-electron chi connectivity index (χ4n) is 1.90. The number of nitro benzene ring substituents is 1. The summed E-state index contributed by atoms with van der Waals surface area (Å²) in [7, 11) is 0. The first-order chi connectivity index (χ1) is 10.9. The predicted octanol–water partition coefficient (Wildman–Crippen LogP) is 2.42. The maximum atomic E-state index is 12.3. The zero-order valence-corrected chi connectivity index (χ0v) is 11.5. The SMILES string of the molecule is N#Cc1ccccc1NC(=O)c1cc([N+](=O)[O-])ccc1C(=O)O. The van der Waals surface area contributed by atoms with Gasteiger partial charge in [-0.1, -0.05) is 12.1 Å². The van der Waals surface area contributed by atoms with E-state index in [1.807, 2.05) is 6.07 Å². The van der Waals surface area contributed by atoms with Crippen molar-refractivity contribution in [1.82, 2.24) is 0 Å². The lowest BCUT2D eigenvalue weighted by Crippen LogP contribution is -2.17. The highest BCUT2D eigenvalue weighted by Crippen LogP contribution is 2.21. The summed E-state index contributed by atoms with van der Waals surface area (Å²) in [5.41, 5.74) is -0.776. The average Bonchev–Trinajstić information content (AvgIpc) is 2.54. The summed E-state index contributed by atoms with van der Waals surface area (Å²) < 4.78 is 0. The number of anilines is 1. The molecule has 2 N–H and O–H groups in total. The lowest BCUT2D eigenvalue weighted by atomic mass is 10.1. The minimum atomic E-state index is -1.39. The van der Waals surface area contributed by atoms with E-state index in [1.165, 1.54) is 12.1 Å². The van der Waals surface area contributed by atoms with Crippen molar-refractivity contribution in [1.29, 1.82) is 5.26 Å². The second-order valence-corrected chi connectivity index (χ2v) is 4.40. The molecule has 1 amide bonds. The van der Waals surface area contributed by atoms with Crippen molar-refractivity contribution in [3.8, 4) is 6.07 Å². The van der Waals surface area contributed by atoms with Crippen LogP contribution in [0, 0.1) is 21.4 Å². The zero-order chi connectivity index (χ0) is 17.0. The Bertz CT molecular complexity index is 854. The lowest BCUT2D eigenvalue weighted by molar-refractivity contribution is -0.384. The van der Waals surface area contributed by atoms with Crippen LogP contribution in [-0.2, 0) is 0 Å². The molecule has 0 spiro atoms. The molecule has 0 bridgehead atoms. The Morgan fingerprint density at radius 3 is 2.48 bits per heavy atom. The molecule has 0 aliphatic rings. The number of non-ortho nitro benzene ring substituents is 1. The number of carboxylic acid groups (broad SMARTS) is 1. The lowest BCUT2D eigenvalue weighted by Gasteiger charge is -2.09. The van der Waals surface area contributed by atoms with Crippen LogP contribution in [-0.4, -0.2) is 21.9 Å². The second kappa shape index (κ2) is 6.36. The third kappa shape index (κ3) is 3.30. The van der Waals surface area contributed by atoms with E-state index in [1.54, 1.807) is 12.1 Å². The Kier molecular flexibility index (Phi) is 4.33. The molecular weight excluding hydrogens is 302 g/mol. The van der Waals surface area contributed by atoms with Crippen molar-refractivity contribution in [2.24, 2.45) is 0 Å². The van der Waals surface area contributed by atoms with E-state index in [0.717, 1.165) is 18.2 Å². The van der Waals surface area contributed by atoms with Crippen molar-refractivity contribution in [3.63, 3.8) is 0 Å². The van der Waals surface area contributed by atoms with E-state index in [2.05, 4.69) is 5.32 Å². The Labute approximate surface area is 129 Å². The molecule has 23 heavy (non-hydrogen) atoms. The van der Waals surface area contributed by atoms with Crippen LogP contribution in [0.4, 0.5) is 11.4 Å². The summed E-state index contributed by atoms with van der Waals surface area (Å²) in [4.78, 5) is 33.5. The van der Waals surface area contributed by atoms with E-state index in [9.17, 15) is 19.7 Å². The fourth-order valence-corrected chi connectivity index (χ4v) is 1.90. The van der Waals surface area contributed by atoms with Crippen LogP contribution < -0.4 is 5.32 Å². The number of para-hydroxylation sites is 1. The highest BCUT2D eigenvalue weighted by molar-refractivity contribution is 6.11. The molecule has 0 saturated carbocycles. The van der Waals surface area contributed by atoms with Gasteiger partial charge in [0.05, 0.1) is 27.3 Å². The number of nitro groups is 1. The summed E-state index contributed by atoms with van der Waals surface area (Å²) in [6.07, 6.45) is 0. The van der Waals surface area contributed by atoms with Gasteiger partial charge in [-0.25, -0.2) is 4.79 Å². The summed E-state index contributed by atoms with van der Waals surface area (Å²) in [6.45, 7) is 0. The Morgan fingerprint density at radius 1 is 1.17 bits per heavy atom. The maximum Gasteiger partial charge on any atom is 0.336 e.